The molecular weight excluding hydrogens is 402 g/mol. The van der Waals surface area contributed by atoms with Crippen LogP contribution in [0.5, 0.6) is 0 Å². The first kappa shape index (κ1) is 23.7. The number of hydrogen-bond acceptors (Lipinski definition) is 4. The minimum Gasteiger partial charge on any atom is -0.459 e. The maximum Gasteiger partial charge on any atom is 0.324 e. The van der Waals surface area contributed by atoms with Crippen LogP contribution >= 0.6 is 0 Å². The van der Waals surface area contributed by atoms with Crippen LogP contribution < -0.4 is 15.7 Å². The quantitative estimate of drug-likeness (QED) is 0.548. The zero-order valence-electron chi connectivity index (χ0n) is 19.8. The Morgan fingerprint density at radius 3 is 1.90 bits per heavy atom. The zero-order chi connectivity index (χ0) is 22.7. The van der Waals surface area contributed by atoms with Crippen molar-refractivity contribution in [3.8, 4) is 0 Å². The van der Waals surface area contributed by atoms with E-state index >= 15 is 0 Å². The summed E-state index contributed by atoms with van der Waals surface area (Å²) in [5.41, 5.74) is -0.495. The fourth-order valence-corrected chi connectivity index (χ4v) is 9.19. The SMILES string of the molecule is CC(C)(C)OC(=O)[C@H]1NCC[C@H]1CO[Si](c1ccccc1)(c1ccccc1)C(C)(C)C. The monoisotopic (exact) mass is 439 g/mol. The van der Waals surface area contributed by atoms with E-state index in [4.69, 9.17) is 9.16 Å². The molecule has 0 spiro atoms. The molecule has 1 N–H and O–H groups in total. The van der Waals surface area contributed by atoms with Gasteiger partial charge in [0.2, 0.25) is 0 Å². The van der Waals surface area contributed by atoms with Gasteiger partial charge in [0.25, 0.3) is 8.32 Å². The molecule has 0 aliphatic carbocycles. The molecule has 1 saturated heterocycles. The maximum absolute atomic E-state index is 12.8. The van der Waals surface area contributed by atoms with E-state index in [2.05, 4.69) is 86.8 Å². The third kappa shape index (κ3) is 5.28. The summed E-state index contributed by atoms with van der Waals surface area (Å²) in [6.45, 7) is 13.9. The molecule has 0 saturated carbocycles. The fourth-order valence-electron chi connectivity index (χ4n) is 4.57. The highest BCUT2D eigenvalue weighted by molar-refractivity contribution is 6.99. The fraction of sp³-hybridized carbons (Fsp3) is 0.500. The van der Waals surface area contributed by atoms with Crippen molar-refractivity contribution in [3.63, 3.8) is 0 Å². The highest BCUT2D eigenvalue weighted by Gasteiger charge is 2.51. The summed E-state index contributed by atoms with van der Waals surface area (Å²) < 4.78 is 12.7. The van der Waals surface area contributed by atoms with E-state index in [9.17, 15) is 4.79 Å². The van der Waals surface area contributed by atoms with Gasteiger partial charge in [-0.1, -0.05) is 81.4 Å². The minimum atomic E-state index is -2.61. The van der Waals surface area contributed by atoms with Crippen LogP contribution in [-0.2, 0) is 14.0 Å². The largest absolute Gasteiger partial charge is 0.459 e. The van der Waals surface area contributed by atoms with Crippen LogP contribution in [-0.4, -0.2) is 39.1 Å². The van der Waals surface area contributed by atoms with Crippen LogP contribution in [0.15, 0.2) is 60.7 Å². The molecule has 2 aromatic carbocycles. The molecule has 0 unspecified atom stereocenters. The van der Waals surface area contributed by atoms with Crippen molar-refractivity contribution in [1.29, 1.82) is 0 Å². The van der Waals surface area contributed by atoms with Gasteiger partial charge in [0.05, 0.1) is 0 Å². The lowest BCUT2D eigenvalue weighted by atomic mass is 10.0. The smallest absolute Gasteiger partial charge is 0.324 e. The van der Waals surface area contributed by atoms with Crippen molar-refractivity contribution in [2.45, 2.75) is 64.6 Å². The van der Waals surface area contributed by atoms with Gasteiger partial charge in [-0.2, -0.15) is 0 Å². The van der Waals surface area contributed by atoms with Gasteiger partial charge < -0.3 is 14.5 Å². The van der Waals surface area contributed by atoms with E-state index in [1.165, 1.54) is 10.4 Å². The van der Waals surface area contributed by atoms with E-state index in [0.29, 0.717) is 6.61 Å². The van der Waals surface area contributed by atoms with Crippen LogP contribution in [0.2, 0.25) is 5.04 Å². The summed E-state index contributed by atoms with van der Waals surface area (Å²) in [4.78, 5) is 12.8. The van der Waals surface area contributed by atoms with Gasteiger partial charge in [-0.15, -0.1) is 0 Å². The Balaban J connectivity index is 1.94. The summed E-state index contributed by atoms with van der Waals surface area (Å²) in [7, 11) is -2.61. The lowest BCUT2D eigenvalue weighted by Gasteiger charge is -2.43. The molecule has 1 fully saturated rings. The highest BCUT2D eigenvalue weighted by Crippen LogP contribution is 2.37. The van der Waals surface area contributed by atoms with Crippen LogP contribution in [0, 0.1) is 5.92 Å². The van der Waals surface area contributed by atoms with Crippen molar-refractivity contribution in [3.05, 3.63) is 60.7 Å². The Labute approximate surface area is 188 Å². The van der Waals surface area contributed by atoms with Crippen molar-refractivity contribution in [2.75, 3.05) is 13.2 Å². The molecule has 5 heteroatoms. The molecule has 2 aromatic rings. The zero-order valence-corrected chi connectivity index (χ0v) is 20.8. The van der Waals surface area contributed by atoms with Crippen molar-refractivity contribution in [1.82, 2.24) is 5.32 Å². The first-order chi connectivity index (χ1) is 14.5. The molecule has 1 heterocycles. The molecule has 0 aromatic heterocycles. The summed E-state index contributed by atoms with van der Waals surface area (Å²) in [6.07, 6.45) is 0.905. The van der Waals surface area contributed by atoms with Gasteiger partial charge in [0.1, 0.15) is 11.6 Å². The predicted molar refractivity (Wildman–Crippen MR) is 129 cm³/mol. The topological polar surface area (TPSA) is 47.6 Å². The average molecular weight is 440 g/mol. The molecule has 1 aliphatic rings. The van der Waals surface area contributed by atoms with Gasteiger partial charge >= 0.3 is 5.97 Å². The Hall–Kier alpha value is -1.95. The second kappa shape index (κ2) is 9.27. The standard InChI is InChI=1S/C26H37NO3Si/c1-25(2,3)30-24(28)23-20(17-18-27-23)19-29-31(26(4,5)6,21-13-9-7-10-14-21)22-15-11-8-12-16-22/h7-16,20,23,27H,17-19H2,1-6H3/t20-,23-/m0/s1. The minimum absolute atomic E-state index is 0.0802. The summed E-state index contributed by atoms with van der Waals surface area (Å²) in [6, 6.07) is 20.9. The summed E-state index contributed by atoms with van der Waals surface area (Å²) in [5.74, 6) is -0.0856. The van der Waals surface area contributed by atoms with E-state index in [0.717, 1.165) is 13.0 Å². The number of hydrogen-bond donors (Lipinski definition) is 1. The number of nitrogens with one attached hydrogen (secondary N) is 1. The van der Waals surface area contributed by atoms with Crippen LogP contribution in [0.1, 0.15) is 48.0 Å². The van der Waals surface area contributed by atoms with Crippen LogP contribution in [0.4, 0.5) is 0 Å². The first-order valence-corrected chi connectivity index (χ1v) is 13.2. The van der Waals surface area contributed by atoms with Crippen LogP contribution in [0.25, 0.3) is 0 Å². The Bertz CT molecular complexity index is 816. The number of esters is 1. The van der Waals surface area contributed by atoms with Gasteiger partial charge in [-0.05, 0) is 49.1 Å². The Morgan fingerprint density at radius 1 is 0.935 bits per heavy atom. The van der Waals surface area contributed by atoms with E-state index in [-0.39, 0.29) is 23.0 Å². The lowest BCUT2D eigenvalue weighted by Crippen LogP contribution is -2.67. The third-order valence-corrected chi connectivity index (χ3v) is 10.9. The number of rotatable bonds is 6. The van der Waals surface area contributed by atoms with Crippen LogP contribution in [0.3, 0.4) is 0 Å². The normalized spacial score (nSPS) is 19.9. The number of carbonyl (C=O) groups is 1. The van der Waals surface area contributed by atoms with Gasteiger partial charge in [-0.25, -0.2) is 0 Å². The second-order valence-electron chi connectivity index (χ2n) is 10.5. The molecule has 168 valence electrons. The molecule has 2 atom stereocenters. The number of carbonyl (C=O) groups excluding carboxylic acids is 1. The maximum atomic E-state index is 12.8. The van der Waals surface area contributed by atoms with Crippen molar-refractivity contribution >= 4 is 24.7 Å². The molecular formula is C26H37NO3Si. The van der Waals surface area contributed by atoms with Gasteiger partial charge in [-0.3, -0.25) is 4.79 Å². The first-order valence-electron chi connectivity index (χ1n) is 11.3. The highest BCUT2D eigenvalue weighted by atomic mass is 28.4. The van der Waals surface area contributed by atoms with E-state index in [1.54, 1.807) is 0 Å². The lowest BCUT2D eigenvalue weighted by molar-refractivity contribution is -0.158. The molecule has 31 heavy (non-hydrogen) atoms. The summed E-state index contributed by atoms with van der Waals surface area (Å²) >= 11 is 0. The summed E-state index contributed by atoms with van der Waals surface area (Å²) in [5, 5.41) is 5.78. The average Bonchev–Trinajstić information content (AvgIpc) is 3.17. The predicted octanol–water partition coefficient (Wildman–Crippen LogP) is 3.88. The van der Waals surface area contributed by atoms with Gasteiger partial charge in [0.15, 0.2) is 0 Å². The second-order valence-corrected chi connectivity index (χ2v) is 14.8. The van der Waals surface area contributed by atoms with Crippen molar-refractivity contribution in [2.24, 2.45) is 5.92 Å². The molecule has 3 rings (SSSR count). The number of ether oxygens (including phenoxy) is 1. The molecule has 4 nitrogen and oxygen atoms in total. The molecule has 0 radical (unpaired) electrons. The third-order valence-electron chi connectivity index (χ3n) is 5.94. The van der Waals surface area contributed by atoms with E-state index in [1.807, 2.05) is 20.8 Å². The van der Waals surface area contributed by atoms with Crippen molar-refractivity contribution < 1.29 is 14.0 Å². The Morgan fingerprint density at radius 2 is 1.45 bits per heavy atom. The van der Waals surface area contributed by atoms with E-state index < -0.39 is 13.9 Å². The molecule has 0 bridgehead atoms. The number of benzene rings is 2. The molecule has 1 aliphatic heterocycles. The Kier molecular flexibility index (Phi) is 7.09. The molecule has 0 amide bonds. The van der Waals surface area contributed by atoms with Gasteiger partial charge in [0, 0.05) is 12.5 Å².